The summed E-state index contributed by atoms with van der Waals surface area (Å²) in [7, 11) is 0. The van der Waals surface area contributed by atoms with E-state index in [0.29, 0.717) is 0 Å². The highest BCUT2D eigenvalue weighted by molar-refractivity contribution is 9.10. The summed E-state index contributed by atoms with van der Waals surface area (Å²) in [5, 5.41) is 0. The first-order valence-corrected chi connectivity index (χ1v) is 8.09. The molecule has 1 N–H and O–H groups in total. The zero-order valence-electron chi connectivity index (χ0n) is 11.9. The smallest absolute Gasteiger partial charge is 0.0456 e. The summed E-state index contributed by atoms with van der Waals surface area (Å²) in [6.07, 6.45) is 3.33. The Hall–Kier alpha value is -1.80. The van der Waals surface area contributed by atoms with Gasteiger partial charge in [0, 0.05) is 15.9 Å². The molecular formula is C19H18BrN. The lowest BCUT2D eigenvalue weighted by molar-refractivity contribution is 0.802. The zero-order chi connectivity index (χ0) is 14.5. The molecule has 2 heteroatoms. The van der Waals surface area contributed by atoms with Crippen LogP contribution in [0.2, 0.25) is 0 Å². The third-order valence-corrected chi connectivity index (χ3v) is 4.45. The maximum atomic E-state index is 3.61. The first kappa shape index (κ1) is 14.2. The average Bonchev–Trinajstić information content (AvgIpc) is 2.99. The average molecular weight is 340 g/mol. The van der Waals surface area contributed by atoms with Crippen LogP contribution in [-0.4, -0.2) is 4.98 Å². The van der Waals surface area contributed by atoms with Crippen LogP contribution in [0.1, 0.15) is 17.7 Å². The van der Waals surface area contributed by atoms with Crippen molar-refractivity contribution >= 4 is 15.9 Å². The van der Waals surface area contributed by atoms with Crippen molar-refractivity contribution in [3.8, 4) is 11.3 Å². The number of aromatic amines is 1. The van der Waals surface area contributed by atoms with Crippen molar-refractivity contribution in [1.82, 2.24) is 4.98 Å². The van der Waals surface area contributed by atoms with Gasteiger partial charge in [-0.3, -0.25) is 0 Å². The first-order valence-electron chi connectivity index (χ1n) is 7.29. The van der Waals surface area contributed by atoms with Gasteiger partial charge in [-0.2, -0.15) is 0 Å². The number of aromatic nitrogens is 1. The van der Waals surface area contributed by atoms with Crippen LogP contribution in [0.3, 0.4) is 0 Å². The molecule has 0 aliphatic carbocycles. The molecule has 21 heavy (non-hydrogen) atoms. The highest BCUT2D eigenvalue weighted by atomic mass is 79.9. The minimum atomic E-state index is 1.08. The second-order valence-corrected chi connectivity index (χ2v) is 6.06. The highest BCUT2D eigenvalue weighted by Gasteiger charge is 2.03. The molecule has 0 saturated carbocycles. The van der Waals surface area contributed by atoms with Gasteiger partial charge in [0.05, 0.1) is 0 Å². The lowest BCUT2D eigenvalue weighted by Crippen LogP contribution is -1.91. The SMILES string of the molecule is Brc1ccccc1CCCc1ccc(-c2ccccc2)[nH]1. The quantitative estimate of drug-likeness (QED) is 0.620. The maximum absolute atomic E-state index is 3.61. The predicted octanol–water partition coefficient (Wildman–Crippen LogP) is 5.62. The molecule has 2 aromatic carbocycles. The van der Waals surface area contributed by atoms with Gasteiger partial charge in [-0.1, -0.05) is 64.5 Å². The van der Waals surface area contributed by atoms with Crippen molar-refractivity contribution in [3.05, 3.63) is 82.5 Å². The Morgan fingerprint density at radius 3 is 2.33 bits per heavy atom. The Balaban J connectivity index is 1.60. The van der Waals surface area contributed by atoms with Crippen LogP contribution in [-0.2, 0) is 12.8 Å². The molecule has 0 spiro atoms. The van der Waals surface area contributed by atoms with E-state index in [1.54, 1.807) is 0 Å². The first-order chi connectivity index (χ1) is 10.3. The number of aryl methyl sites for hydroxylation is 2. The third kappa shape index (κ3) is 3.64. The van der Waals surface area contributed by atoms with E-state index in [4.69, 9.17) is 0 Å². The van der Waals surface area contributed by atoms with E-state index in [2.05, 4.69) is 81.6 Å². The Labute approximate surface area is 134 Å². The van der Waals surface area contributed by atoms with Gasteiger partial charge in [-0.05, 0) is 48.6 Å². The van der Waals surface area contributed by atoms with E-state index in [1.165, 1.54) is 27.0 Å². The third-order valence-electron chi connectivity index (χ3n) is 3.68. The molecule has 1 nitrogen and oxygen atoms in total. The molecule has 0 aliphatic heterocycles. The van der Waals surface area contributed by atoms with E-state index in [0.717, 1.165) is 19.3 Å². The number of H-pyrrole nitrogens is 1. The Kier molecular flexibility index (Phi) is 4.56. The zero-order valence-corrected chi connectivity index (χ0v) is 13.4. The molecule has 106 valence electrons. The molecule has 3 aromatic rings. The van der Waals surface area contributed by atoms with Crippen LogP contribution in [0.5, 0.6) is 0 Å². The lowest BCUT2D eigenvalue weighted by atomic mass is 10.1. The molecule has 0 radical (unpaired) electrons. The van der Waals surface area contributed by atoms with E-state index >= 15 is 0 Å². The normalized spacial score (nSPS) is 10.7. The largest absolute Gasteiger partial charge is 0.358 e. The molecule has 3 rings (SSSR count). The molecule has 0 fully saturated rings. The van der Waals surface area contributed by atoms with Crippen LogP contribution >= 0.6 is 15.9 Å². The molecule has 0 bridgehead atoms. The number of rotatable bonds is 5. The summed E-state index contributed by atoms with van der Waals surface area (Å²) in [6.45, 7) is 0. The summed E-state index contributed by atoms with van der Waals surface area (Å²) in [4.78, 5) is 3.52. The number of nitrogens with one attached hydrogen (secondary N) is 1. The van der Waals surface area contributed by atoms with Gasteiger partial charge < -0.3 is 4.98 Å². The van der Waals surface area contributed by atoms with Crippen LogP contribution in [0.15, 0.2) is 71.2 Å². The van der Waals surface area contributed by atoms with Gasteiger partial charge in [0.2, 0.25) is 0 Å². The highest BCUT2D eigenvalue weighted by Crippen LogP contribution is 2.20. The fourth-order valence-corrected chi connectivity index (χ4v) is 3.03. The summed E-state index contributed by atoms with van der Waals surface area (Å²) < 4.78 is 1.21. The molecular weight excluding hydrogens is 322 g/mol. The topological polar surface area (TPSA) is 15.8 Å². The van der Waals surface area contributed by atoms with Crippen LogP contribution in [0.4, 0.5) is 0 Å². The molecule has 1 aromatic heterocycles. The monoisotopic (exact) mass is 339 g/mol. The molecule has 0 unspecified atom stereocenters. The standard InChI is InChI=1S/C19H18BrN/c20-18-12-5-4-7-15(18)10-6-11-17-13-14-19(21-17)16-8-2-1-3-9-16/h1-5,7-9,12-14,21H,6,10-11H2. The predicted molar refractivity (Wildman–Crippen MR) is 92.4 cm³/mol. The van der Waals surface area contributed by atoms with Crippen molar-refractivity contribution < 1.29 is 0 Å². The second-order valence-electron chi connectivity index (χ2n) is 5.21. The van der Waals surface area contributed by atoms with Gasteiger partial charge in [-0.25, -0.2) is 0 Å². The maximum Gasteiger partial charge on any atom is 0.0456 e. The van der Waals surface area contributed by atoms with Crippen molar-refractivity contribution in [1.29, 1.82) is 0 Å². The Morgan fingerprint density at radius 2 is 1.52 bits per heavy atom. The van der Waals surface area contributed by atoms with E-state index in [9.17, 15) is 0 Å². The van der Waals surface area contributed by atoms with Crippen molar-refractivity contribution in [2.45, 2.75) is 19.3 Å². The summed E-state index contributed by atoms with van der Waals surface area (Å²) in [6, 6.07) is 23.3. The molecule has 0 saturated heterocycles. The van der Waals surface area contributed by atoms with Crippen molar-refractivity contribution in [3.63, 3.8) is 0 Å². The molecule has 0 aliphatic rings. The van der Waals surface area contributed by atoms with Crippen molar-refractivity contribution in [2.75, 3.05) is 0 Å². The summed E-state index contributed by atoms with van der Waals surface area (Å²) >= 11 is 3.61. The molecule has 1 heterocycles. The summed E-state index contributed by atoms with van der Waals surface area (Å²) in [5.74, 6) is 0. The number of hydrogen-bond donors (Lipinski definition) is 1. The number of halogens is 1. The number of hydrogen-bond acceptors (Lipinski definition) is 0. The van der Waals surface area contributed by atoms with E-state index in [1.807, 2.05) is 6.07 Å². The second kappa shape index (κ2) is 6.77. The van der Waals surface area contributed by atoms with Gasteiger partial charge >= 0.3 is 0 Å². The minimum Gasteiger partial charge on any atom is -0.358 e. The number of benzene rings is 2. The fraction of sp³-hybridized carbons (Fsp3) is 0.158. The van der Waals surface area contributed by atoms with Gasteiger partial charge in [0.25, 0.3) is 0 Å². The van der Waals surface area contributed by atoms with Crippen LogP contribution in [0, 0.1) is 0 Å². The molecule has 0 amide bonds. The lowest BCUT2D eigenvalue weighted by Gasteiger charge is -2.03. The van der Waals surface area contributed by atoms with E-state index in [-0.39, 0.29) is 0 Å². The minimum absolute atomic E-state index is 1.08. The summed E-state index contributed by atoms with van der Waals surface area (Å²) in [5.41, 5.74) is 5.13. The Bertz CT molecular complexity index is 700. The van der Waals surface area contributed by atoms with Crippen molar-refractivity contribution in [2.24, 2.45) is 0 Å². The Morgan fingerprint density at radius 1 is 0.762 bits per heavy atom. The fourth-order valence-electron chi connectivity index (χ4n) is 2.54. The van der Waals surface area contributed by atoms with E-state index < -0.39 is 0 Å². The molecule has 0 atom stereocenters. The van der Waals surface area contributed by atoms with Crippen LogP contribution in [0.25, 0.3) is 11.3 Å². The van der Waals surface area contributed by atoms with Crippen LogP contribution < -0.4 is 0 Å². The van der Waals surface area contributed by atoms with Gasteiger partial charge in [-0.15, -0.1) is 0 Å². The van der Waals surface area contributed by atoms with Gasteiger partial charge in [0.1, 0.15) is 0 Å². The van der Waals surface area contributed by atoms with Gasteiger partial charge in [0.15, 0.2) is 0 Å².